The van der Waals surface area contributed by atoms with Crippen molar-refractivity contribution in [1.82, 2.24) is 0 Å². The molecule has 5 nitrogen and oxygen atoms in total. The van der Waals surface area contributed by atoms with Crippen molar-refractivity contribution in [2.45, 2.75) is 27.4 Å². The zero-order valence-electron chi connectivity index (χ0n) is 15.8. The molecular weight excluding hydrogens is 342 g/mol. The zero-order valence-corrected chi connectivity index (χ0v) is 15.8. The van der Waals surface area contributed by atoms with E-state index in [1.807, 2.05) is 31.2 Å². The Hall–Kier alpha value is -3.08. The molecule has 0 saturated heterocycles. The largest absolute Gasteiger partial charge is 0.457 e. The normalized spacial score (nSPS) is 10.8. The van der Waals surface area contributed by atoms with Crippen LogP contribution in [0.1, 0.15) is 35.3 Å². The number of fused-ring (bicyclic) bond motifs is 1. The van der Waals surface area contributed by atoms with E-state index in [-0.39, 0.29) is 6.61 Å². The summed E-state index contributed by atoms with van der Waals surface area (Å²) in [4.78, 5) is 26.4. The fourth-order valence-corrected chi connectivity index (χ4v) is 3.08. The maximum Gasteiger partial charge on any atom is 0.338 e. The molecule has 3 rings (SSSR count). The number of hydrogen-bond acceptors (Lipinski definition) is 5. The Bertz CT molecular complexity index is 1000. The molecule has 0 amide bonds. The summed E-state index contributed by atoms with van der Waals surface area (Å²) in [5, 5.41) is 0.768. The number of benzene rings is 2. The van der Waals surface area contributed by atoms with Crippen LogP contribution in [0.5, 0.6) is 0 Å². The SMILES string of the molecule is CCN(CC)c1ccc(C(=O)OCc2cc(=O)oc3cc(C)ccc23)cc1. The molecule has 0 fully saturated rings. The molecule has 1 heterocycles. The second kappa shape index (κ2) is 8.08. The lowest BCUT2D eigenvalue weighted by molar-refractivity contribution is 0.0474. The zero-order chi connectivity index (χ0) is 19.4. The Kier molecular flexibility index (Phi) is 5.60. The van der Waals surface area contributed by atoms with Gasteiger partial charge in [0.05, 0.1) is 5.56 Å². The van der Waals surface area contributed by atoms with Gasteiger partial charge >= 0.3 is 11.6 Å². The van der Waals surface area contributed by atoms with Crippen molar-refractivity contribution >= 4 is 22.6 Å². The number of anilines is 1. The van der Waals surface area contributed by atoms with Crippen LogP contribution in [0.3, 0.4) is 0 Å². The molecular formula is C22H23NO4. The van der Waals surface area contributed by atoms with Crippen molar-refractivity contribution in [3.05, 3.63) is 75.6 Å². The molecule has 0 aliphatic carbocycles. The highest BCUT2D eigenvalue weighted by Gasteiger charge is 2.12. The van der Waals surface area contributed by atoms with E-state index in [4.69, 9.17) is 9.15 Å². The Labute approximate surface area is 158 Å². The van der Waals surface area contributed by atoms with Crippen LogP contribution in [0.2, 0.25) is 0 Å². The maximum atomic E-state index is 12.4. The minimum Gasteiger partial charge on any atom is -0.457 e. The lowest BCUT2D eigenvalue weighted by atomic mass is 10.1. The van der Waals surface area contributed by atoms with E-state index >= 15 is 0 Å². The third-order valence-corrected chi connectivity index (χ3v) is 4.58. The summed E-state index contributed by atoms with van der Waals surface area (Å²) in [5.41, 5.74) is 3.22. The first-order chi connectivity index (χ1) is 13.0. The second-order valence-electron chi connectivity index (χ2n) is 6.39. The molecule has 0 saturated carbocycles. The fraction of sp³-hybridized carbons (Fsp3) is 0.273. The molecule has 2 aromatic carbocycles. The van der Waals surface area contributed by atoms with E-state index in [2.05, 4.69) is 18.7 Å². The lowest BCUT2D eigenvalue weighted by Crippen LogP contribution is -2.21. The number of ether oxygens (including phenoxy) is 1. The summed E-state index contributed by atoms with van der Waals surface area (Å²) < 4.78 is 10.7. The Morgan fingerprint density at radius 2 is 1.74 bits per heavy atom. The van der Waals surface area contributed by atoms with Crippen LogP contribution in [0.25, 0.3) is 11.0 Å². The molecule has 0 bridgehead atoms. The van der Waals surface area contributed by atoms with E-state index < -0.39 is 11.6 Å². The van der Waals surface area contributed by atoms with Gasteiger partial charge in [0.1, 0.15) is 12.2 Å². The van der Waals surface area contributed by atoms with E-state index in [9.17, 15) is 9.59 Å². The van der Waals surface area contributed by atoms with Crippen molar-refractivity contribution in [1.29, 1.82) is 0 Å². The van der Waals surface area contributed by atoms with Gasteiger partial charge in [0.2, 0.25) is 0 Å². The van der Waals surface area contributed by atoms with E-state index in [1.165, 1.54) is 6.07 Å². The van der Waals surface area contributed by atoms with Gasteiger partial charge in [-0.1, -0.05) is 12.1 Å². The van der Waals surface area contributed by atoms with Gasteiger partial charge in [-0.2, -0.15) is 0 Å². The number of nitrogens with zero attached hydrogens (tertiary/aromatic N) is 1. The van der Waals surface area contributed by atoms with Crippen molar-refractivity contribution in [3.8, 4) is 0 Å². The number of esters is 1. The predicted molar refractivity (Wildman–Crippen MR) is 106 cm³/mol. The number of aryl methyl sites for hydroxylation is 1. The average molecular weight is 365 g/mol. The van der Waals surface area contributed by atoms with Gasteiger partial charge in [-0.15, -0.1) is 0 Å². The van der Waals surface area contributed by atoms with Crippen LogP contribution < -0.4 is 10.5 Å². The average Bonchev–Trinajstić information content (AvgIpc) is 2.67. The van der Waals surface area contributed by atoms with Gasteiger partial charge < -0.3 is 14.1 Å². The third kappa shape index (κ3) is 4.19. The van der Waals surface area contributed by atoms with Gasteiger partial charge in [-0.05, 0) is 56.7 Å². The van der Waals surface area contributed by atoms with E-state index in [1.54, 1.807) is 18.2 Å². The Balaban J connectivity index is 1.76. The molecule has 0 aliphatic heterocycles. The number of hydrogen-bond donors (Lipinski definition) is 0. The highest BCUT2D eigenvalue weighted by Crippen LogP contribution is 2.20. The predicted octanol–water partition coefficient (Wildman–Crippen LogP) is 4.30. The number of rotatable bonds is 6. The van der Waals surface area contributed by atoms with Crippen LogP contribution in [-0.4, -0.2) is 19.1 Å². The standard InChI is InChI=1S/C22H23NO4/c1-4-23(5-2)18-9-7-16(8-10-18)22(25)26-14-17-13-21(24)27-20-12-15(3)6-11-19(17)20/h6-13H,4-5,14H2,1-3H3. The van der Waals surface area contributed by atoms with Gasteiger partial charge in [0.15, 0.2) is 0 Å². The summed E-state index contributed by atoms with van der Waals surface area (Å²) in [6.07, 6.45) is 0. The highest BCUT2D eigenvalue weighted by molar-refractivity contribution is 5.90. The molecule has 0 unspecified atom stereocenters. The highest BCUT2D eigenvalue weighted by atomic mass is 16.5. The lowest BCUT2D eigenvalue weighted by Gasteiger charge is -2.20. The van der Waals surface area contributed by atoms with Gasteiger partial charge in [0.25, 0.3) is 0 Å². The fourth-order valence-electron chi connectivity index (χ4n) is 3.08. The Morgan fingerprint density at radius 3 is 2.41 bits per heavy atom. The first-order valence-electron chi connectivity index (χ1n) is 9.07. The van der Waals surface area contributed by atoms with Gasteiger partial charge in [-0.25, -0.2) is 9.59 Å². The quantitative estimate of drug-likeness (QED) is 0.481. The first kappa shape index (κ1) is 18.7. The van der Waals surface area contributed by atoms with Crippen LogP contribution in [0, 0.1) is 6.92 Å². The van der Waals surface area contributed by atoms with Crippen LogP contribution >= 0.6 is 0 Å². The van der Waals surface area contributed by atoms with Crippen LogP contribution in [0.4, 0.5) is 5.69 Å². The molecule has 0 N–H and O–H groups in total. The molecule has 0 radical (unpaired) electrons. The second-order valence-corrected chi connectivity index (χ2v) is 6.39. The summed E-state index contributed by atoms with van der Waals surface area (Å²) >= 11 is 0. The molecule has 0 aliphatic rings. The summed E-state index contributed by atoms with van der Waals surface area (Å²) in [7, 11) is 0. The van der Waals surface area contributed by atoms with Crippen molar-refractivity contribution in [2.24, 2.45) is 0 Å². The minimum absolute atomic E-state index is 0.0157. The van der Waals surface area contributed by atoms with Crippen LogP contribution in [0.15, 0.2) is 57.7 Å². The van der Waals surface area contributed by atoms with E-state index in [0.29, 0.717) is 16.7 Å². The summed E-state index contributed by atoms with van der Waals surface area (Å²) in [6.45, 7) is 7.93. The molecule has 3 aromatic rings. The molecule has 27 heavy (non-hydrogen) atoms. The summed E-state index contributed by atoms with van der Waals surface area (Å²) in [6, 6.07) is 14.3. The monoisotopic (exact) mass is 365 g/mol. The minimum atomic E-state index is -0.456. The van der Waals surface area contributed by atoms with Gasteiger partial charge in [-0.3, -0.25) is 0 Å². The van der Waals surface area contributed by atoms with Crippen LogP contribution in [-0.2, 0) is 11.3 Å². The third-order valence-electron chi connectivity index (χ3n) is 4.58. The topological polar surface area (TPSA) is 59.8 Å². The first-order valence-corrected chi connectivity index (χ1v) is 9.07. The number of carbonyl (C=O) groups is 1. The number of carbonyl (C=O) groups excluding carboxylic acids is 1. The molecule has 0 atom stereocenters. The molecule has 5 heteroatoms. The molecule has 1 aromatic heterocycles. The Morgan fingerprint density at radius 1 is 1.04 bits per heavy atom. The van der Waals surface area contributed by atoms with Crippen molar-refractivity contribution in [3.63, 3.8) is 0 Å². The smallest absolute Gasteiger partial charge is 0.338 e. The summed E-state index contributed by atoms with van der Waals surface area (Å²) in [5.74, 6) is -0.422. The van der Waals surface area contributed by atoms with Gasteiger partial charge in [0, 0.05) is 35.8 Å². The van der Waals surface area contributed by atoms with E-state index in [0.717, 1.165) is 29.7 Å². The van der Waals surface area contributed by atoms with Crippen molar-refractivity contribution < 1.29 is 13.9 Å². The maximum absolute atomic E-state index is 12.4. The molecule has 0 spiro atoms. The van der Waals surface area contributed by atoms with Crippen molar-refractivity contribution in [2.75, 3.05) is 18.0 Å². The molecule has 140 valence electrons.